The van der Waals surface area contributed by atoms with Gasteiger partial charge in [-0.25, -0.2) is 9.59 Å². The van der Waals surface area contributed by atoms with E-state index in [0.717, 1.165) is 17.7 Å². The third kappa shape index (κ3) is 4.58. The SMILES string of the molecule is COc1ccc2c3c1OC1C(OC(=O)C(C)OC(=O)C(C)NC(=O)C(N)CC(C)C)=CCC4(O)C(C2)N(C)CCC314. The summed E-state index contributed by atoms with van der Waals surface area (Å²) in [6.07, 6.45) is 1.72. The number of aliphatic hydroxyl groups is 1. The molecule has 41 heavy (non-hydrogen) atoms. The van der Waals surface area contributed by atoms with Crippen LogP contribution < -0.4 is 20.5 Å². The molecule has 7 unspecified atom stereocenters. The minimum atomic E-state index is -1.25. The summed E-state index contributed by atoms with van der Waals surface area (Å²) in [6.45, 7) is 7.52. The molecule has 2 heterocycles. The van der Waals surface area contributed by atoms with Gasteiger partial charge in [-0.15, -0.1) is 0 Å². The molecule has 4 N–H and O–H groups in total. The number of likely N-dealkylation sites (N-methyl/N-ethyl adjacent to an activating group) is 1. The lowest BCUT2D eigenvalue weighted by atomic mass is 9.50. The molecule has 7 atom stereocenters. The zero-order chi connectivity index (χ0) is 29.9. The quantitative estimate of drug-likeness (QED) is 0.371. The Kier molecular flexibility index (Phi) is 7.59. The first kappa shape index (κ1) is 29.3. The highest BCUT2D eigenvalue weighted by Gasteiger charge is 2.72. The van der Waals surface area contributed by atoms with Crippen molar-refractivity contribution < 1.29 is 38.4 Å². The van der Waals surface area contributed by atoms with Crippen molar-refractivity contribution in [2.24, 2.45) is 11.7 Å². The predicted molar refractivity (Wildman–Crippen MR) is 148 cm³/mol. The van der Waals surface area contributed by atoms with Crippen LogP contribution in [0.1, 0.15) is 58.1 Å². The Hall–Kier alpha value is -3.15. The number of benzene rings is 1. The van der Waals surface area contributed by atoms with Crippen molar-refractivity contribution >= 4 is 17.8 Å². The van der Waals surface area contributed by atoms with E-state index in [4.69, 9.17) is 24.7 Å². The van der Waals surface area contributed by atoms with Crippen molar-refractivity contribution in [3.8, 4) is 11.5 Å². The van der Waals surface area contributed by atoms with Gasteiger partial charge in [0, 0.05) is 18.0 Å². The van der Waals surface area contributed by atoms with Gasteiger partial charge < -0.3 is 40.0 Å². The van der Waals surface area contributed by atoms with Gasteiger partial charge in [-0.3, -0.25) is 4.79 Å². The zero-order valence-corrected chi connectivity index (χ0v) is 24.6. The van der Waals surface area contributed by atoms with Gasteiger partial charge in [0.1, 0.15) is 11.8 Å². The van der Waals surface area contributed by atoms with Crippen molar-refractivity contribution in [2.45, 2.75) is 94.7 Å². The van der Waals surface area contributed by atoms with Crippen LogP contribution in [0.25, 0.3) is 0 Å². The van der Waals surface area contributed by atoms with Gasteiger partial charge >= 0.3 is 11.9 Å². The van der Waals surface area contributed by atoms with Crippen LogP contribution in [0.4, 0.5) is 0 Å². The third-order valence-corrected chi connectivity index (χ3v) is 9.18. The lowest BCUT2D eigenvalue weighted by Gasteiger charge is -2.61. The number of ether oxygens (including phenoxy) is 4. The topological polar surface area (TPSA) is 150 Å². The minimum Gasteiger partial charge on any atom is -0.493 e. The maximum atomic E-state index is 13.2. The van der Waals surface area contributed by atoms with E-state index in [1.54, 1.807) is 13.2 Å². The molecule has 1 spiro atoms. The molecule has 2 aliphatic carbocycles. The first-order valence-corrected chi connectivity index (χ1v) is 14.3. The molecule has 4 aliphatic rings. The normalized spacial score (nSPS) is 29.8. The maximum absolute atomic E-state index is 13.2. The Morgan fingerprint density at radius 2 is 1.95 bits per heavy atom. The molecule has 2 aliphatic heterocycles. The number of carbonyl (C=O) groups is 3. The highest BCUT2D eigenvalue weighted by Crippen LogP contribution is 2.65. The number of nitrogens with zero attached hydrogens (tertiary/aromatic N) is 1. The van der Waals surface area contributed by atoms with Crippen LogP contribution in [-0.2, 0) is 35.7 Å². The summed E-state index contributed by atoms with van der Waals surface area (Å²) >= 11 is 0. The van der Waals surface area contributed by atoms with Crippen LogP contribution in [0, 0.1) is 5.92 Å². The van der Waals surface area contributed by atoms with Crippen molar-refractivity contribution in [3.63, 3.8) is 0 Å². The second-order valence-electron chi connectivity index (χ2n) is 12.3. The van der Waals surface area contributed by atoms with Gasteiger partial charge in [-0.1, -0.05) is 19.9 Å². The Morgan fingerprint density at radius 1 is 1.22 bits per heavy atom. The maximum Gasteiger partial charge on any atom is 0.352 e. The van der Waals surface area contributed by atoms with E-state index in [9.17, 15) is 19.5 Å². The molecule has 0 radical (unpaired) electrons. The van der Waals surface area contributed by atoms with Gasteiger partial charge in [0.2, 0.25) is 5.91 Å². The van der Waals surface area contributed by atoms with Crippen LogP contribution in [-0.4, -0.2) is 84.5 Å². The number of methoxy groups -OCH3 is 1. The largest absolute Gasteiger partial charge is 0.493 e. The number of rotatable bonds is 9. The van der Waals surface area contributed by atoms with E-state index in [0.29, 0.717) is 30.8 Å². The van der Waals surface area contributed by atoms with E-state index >= 15 is 0 Å². The molecule has 0 saturated carbocycles. The number of nitrogens with two attached hydrogens (primary N) is 1. The Morgan fingerprint density at radius 3 is 2.63 bits per heavy atom. The second kappa shape index (κ2) is 10.6. The van der Waals surface area contributed by atoms with Crippen LogP contribution in [0.15, 0.2) is 24.0 Å². The first-order chi connectivity index (χ1) is 19.3. The van der Waals surface area contributed by atoms with E-state index in [1.165, 1.54) is 13.8 Å². The molecule has 1 aromatic rings. The number of carbonyl (C=O) groups excluding carboxylic acids is 3. The van der Waals surface area contributed by atoms with Crippen molar-refractivity contribution in [3.05, 3.63) is 35.1 Å². The summed E-state index contributed by atoms with van der Waals surface area (Å²) in [5.74, 6) is -0.407. The Bertz CT molecular complexity index is 1280. The van der Waals surface area contributed by atoms with Gasteiger partial charge in [0.25, 0.3) is 0 Å². The Balaban J connectivity index is 1.33. The molecule has 0 aromatic heterocycles. The molecule has 11 heteroatoms. The van der Waals surface area contributed by atoms with Gasteiger partial charge in [0.05, 0.1) is 24.2 Å². The highest BCUT2D eigenvalue weighted by atomic mass is 16.6. The van der Waals surface area contributed by atoms with Crippen LogP contribution >= 0.6 is 0 Å². The molecule has 1 amide bonds. The summed E-state index contributed by atoms with van der Waals surface area (Å²) in [4.78, 5) is 40.3. The Labute approximate surface area is 240 Å². The molecule has 1 saturated heterocycles. The summed E-state index contributed by atoms with van der Waals surface area (Å²) in [5, 5.41) is 14.8. The van der Waals surface area contributed by atoms with Gasteiger partial charge in [0.15, 0.2) is 23.7 Å². The fourth-order valence-corrected chi connectivity index (χ4v) is 7.11. The zero-order valence-electron chi connectivity index (χ0n) is 24.6. The number of nitrogens with one attached hydrogen (secondary N) is 1. The standard InChI is InChI=1S/C30H41N3O8/c1-15(2)13-19(31)26(34)32-16(3)27(35)39-17(4)28(36)40-21-9-10-30(37)22-14-18-7-8-20(38-6)24-23(18)29(30,25(21)41-24)11-12-33(22)5/h7-9,15-17,19,22,25,37H,10-14,31H2,1-6H3,(H,32,34). The number of hydrogen-bond acceptors (Lipinski definition) is 10. The number of likely N-dealkylation sites (tertiary alicyclic amines) is 1. The average Bonchev–Trinajstić information content (AvgIpc) is 3.27. The summed E-state index contributed by atoms with van der Waals surface area (Å²) in [7, 11) is 3.59. The number of piperidine rings is 1. The minimum absolute atomic E-state index is 0.132. The number of esters is 2. The summed E-state index contributed by atoms with van der Waals surface area (Å²) in [6, 6.07) is 2.01. The van der Waals surface area contributed by atoms with Crippen molar-refractivity contribution in [1.29, 1.82) is 0 Å². The summed E-state index contributed by atoms with van der Waals surface area (Å²) < 4.78 is 23.3. The lowest BCUT2D eigenvalue weighted by molar-refractivity contribution is -0.176. The number of hydrogen-bond donors (Lipinski definition) is 3. The first-order valence-electron chi connectivity index (χ1n) is 14.3. The lowest BCUT2D eigenvalue weighted by Crippen LogP contribution is -2.74. The van der Waals surface area contributed by atoms with E-state index < -0.39 is 53.2 Å². The van der Waals surface area contributed by atoms with Crippen molar-refractivity contribution in [1.82, 2.24) is 10.2 Å². The molecule has 224 valence electrons. The summed E-state index contributed by atoms with van der Waals surface area (Å²) in [5.41, 5.74) is 5.96. The number of amides is 1. The fraction of sp³-hybridized carbons (Fsp3) is 0.633. The third-order valence-electron chi connectivity index (χ3n) is 9.18. The monoisotopic (exact) mass is 571 g/mol. The molecule has 1 fully saturated rings. The van der Waals surface area contributed by atoms with Crippen LogP contribution in [0.3, 0.4) is 0 Å². The smallest absolute Gasteiger partial charge is 0.352 e. The molecular formula is C30H41N3O8. The second-order valence-corrected chi connectivity index (χ2v) is 12.3. The highest BCUT2D eigenvalue weighted by molar-refractivity contribution is 5.88. The van der Waals surface area contributed by atoms with Crippen LogP contribution in [0.2, 0.25) is 0 Å². The molecule has 5 rings (SSSR count). The van der Waals surface area contributed by atoms with Crippen LogP contribution in [0.5, 0.6) is 11.5 Å². The molecule has 2 bridgehead atoms. The molecular weight excluding hydrogens is 530 g/mol. The molecule has 1 aromatic carbocycles. The van der Waals surface area contributed by atoms with Crippen molar-refractivity contribution in [2.75, 3.05) is 20.7 Å². The van der Waals surface area contributed by atoms with E-state index in [1.807, 2.05) is 33.0 Å². The molecule has 11 nitrogen and oxygen atoms in total. The van der Waals surface area contributed by atoms with E-state index in [-0.39, 0.29) is 24.1 Å². The predicted octanol–water partition coefficient (Wildman–Crippen LogP) is 1.33. The van der Waals surface area contributed by atoms with E-state index in [2.05, 4.69) is 10.2 Å². The van der Waals surface area contributed by atoms with Gasteiger partial charge in [-0.05, 0) is 70.3 Å². The average molecular weight is 572 g/mol. The van der Waals surface area contributed by atoms with Gasteiger partial charge in [-0.2, -0.15) is 0 Å². The fourth-order valence-electron chi connectivity index (χ4n) is 7.11.